The molecule has 2 atom stereocenters. The summed E-state index contributed by atoms with van der Waals surface area (Å²) in [5.74, 6) is 0. The van der Waals surface area contributed by atoms with E-state index in [1.165, 1.54) is 44.2 Å². The van der Waals surface area contributed by atoms with Crippen LogP contribution in [0.5, 0.6) is 0 Å². The van der Waals surface area contributed by atoms with Crippen molar-refractivity contribution in [1.82, 2.24) is 0 Å². The number of rotatable bonds is 5. The van der Waals surface area contributed by atoms with Crippen LogP contribution >= 0.6 is 24.8 Å². The van der Waals surface area contributed by atoms with Crippen molar-refractivity contribution in [2.75, 3.05) is 0 Å². The molecule has 0 bridgehead atoms. The third kappa shape index (κ3) is 6.14. The normalized spacial score (nSPS) is 20.0. The molecule has 0 radical (unpaired) electrons. The molecule has 0 amide bonds. The second kappa shape index (κ2) is 12.7. The molecule has 0 saturated carbocycles. The molecule has 4 rings (SSSR count). The van der Waals surface area contributed by atoms with E-state index in [1.54, 1.807) is 22.3 Å². The Bertz CT molecular complexity index is 843. The molecule has 0 fully saturated rings. The summed E-state index contributed by atoms with van der Waals surface area (Å²) >= 11 is -2.36. The Kier molecular flexibility index (Phi) is 11.8. The van der Waals surface area contributed by atoms with E-state index >= 15 is 0 Å². The monoisotopic (exact) mass is 552 g/mol. The summed E-state index contributed by atoms with van der Waals surface area (Å²) in [5.41, 5.74) is 9.43. The van der Waals surface area contributed by atoms with Gasteiger partial charge in [0.15, 0.2) is 0 Å². The smallest absolute Gasteiger partial charge is 0.0536 e. The molecular weight excluding hydrogens is 515 g/mol. The molecule has 2 aliphatic carbocycles. The number of fused-ring (bicyclic) bond motifs is 2. The fourth-order valence-corrected chi connectivity index (χ4v) is 26.9. The Balaban J connectivity index is 0.000000535. The third-order valence-electron chi connectivity index (χ3n) is 6.74. The molecule has 0 spiro atoms. The molecule has 0 N–H and O–H groups in total. The zero-order valence-electron chi connectivity index (χ0n) is 20.1. The van der Waals surface area contributed by atoms with Crippen LogP contribution in [0, 0.1) is 0 Å². The van der Waals surface area contributed by atoms with E-state index in [9.17, 15) is 0 Å². The van der Waals surface area contributed by atoms with E-state index < -0.39 is 19.4 Å². The van der Waals surface area contributed by atoms with Gasteiger partial charge in [-0.25, -0.2) is 0 Å². The first-order valence-electron chi connectivity index (χ1n) is 11.5. The molecule has 2 unspecified atom stereocenters. The van der Waals surface area contributed by atoms with E-state index in [1.807, 2.05) is 0 Å². The first-order chi connectivity index (χ1) is 13.9. The minimum Gasteiger partial charge on any atom is -0.147 e. The molecule has 0 heterocycles. The van der Waals surface area contributed by atoms with Crippen LogP contribution in [-0.2, 0) is 19.4 Å². The van der Waals surface area contributed by atoms with E-state index in [-0.39, 0.29) is 24.8 Å². The van der Waals surface area contributed by atoms with Crippen LogP contribution in [0.2, 0.25) is 4.63 Å². The van der Waals surface area contributed by atoms with E-state index in [0.717, 1.165) is 7.25 Å². The predicted molar refractivity (Wildman–Crippen MR) is 146 cm³/mol. The molecular formula is C27H40Cl2SiZr. The van der Waals surface area contributed by atoms with Crippen molar-refractivity contribution in [2.24, 2.45) is 0 Å². The number of unbranched alkanes of at least 4 members (excludes halogenated alkanes) is 3. The van der Waals surface area contributed by atoms with E-state index in [0.29, 0.717) is 0 Å². The van der Waals surface area contributed by atoms with Crippen LogP contribution in [-0.4, -0.2) is 7.37 Å². The zero-order chi connectivity index (χ0) is 21.0. The number of hydrogen-bond acceptors (Lipinski definition) is 0. The standard InChI is InChI=1S/2C10H9.C6H14.CH3.2ClH.H3Si.Zr/c2*1-8-6-9-4-2-3-5-10(9)7-8;1-3-5-6-4-2;;;;;/h2*2-7H,1H3;3-6H2,1-2H3;1H3;2*1H;1H3;. The van der Waals surface area contributed by atoms with Gasteiger partial charge < -0.3 is 0 Å². The van der Waals surface area contributed by atoms with Crippen molar-refractivity contribution in [3.05, 3.63) is 81.9 Å². The van der Waals surface area contributed by atoms with Gasteiger partial charge >= 0.3 is 147 Å². The van der Waals surface area contributed by atoms with Crippen LogP contribution < -0.4 is 0 Å². The Morgan fingerprint density at radius 1 is 0.710 bits per heavy atom. The molecule has 0 nitrogen and oxygen atoms in total. The van der Waals surface area contributed by atoms with E-state index in [4.69, 9.17) is 0 Å². The fourth-order valence-electron chi connectivity index (χ4n) is 5.60. The number of benzene rings is 2. The minimum atomic E-state index is -2.36. The number of hydrogen-bond donors (Lipinski definition) is 0. The summed E-state index contributed by atoms with van der Waals surface area (Å²) in [4.78, 5) is 0. The first-order valence-corrected chi connectivity index (χ1v) is 25.1. The van der Waals surface area contributed by atoms with Gasteiger partial charge in [-0.05, 0) is 0 Å². The summed E-state index contributed by atoms with van der Waals surface area (Å²) < 4.78 is 4.23. The minimum absolute atomic E-state index is 0. The van der Waals surface area contributed by atoms with Gasteiger partial charge in [0.05, 0.1) is 0 Å². The van der Waals surface area contributed by atoms with Crippen LogP contribution in [0.15, 0.2) is 59.7 Å². The van der Waals surface area contributed by atoms with Gasteiger partial charge in [-0.3, -0.25) is 0 Å². The summed E-state index contributed by atoms with van der Waals surface area (Å²) in [6.45, 7) is 9.21. The van der Waals surface area contributed by atoms with Crippen molar-refractivity contribution < 1.29 is 19.4 Å². The Morgan fingerprint density at radius 3 is 1.42 bits per heavy atom. The molecule has 31 heavy (non-hydrogen) atoms. The van der Waals surface area contributed by atoms with Crippen molar-refractivity contribution >= 4 is 44.3 Å². The topological polar surface area (TPSA) is 0 Å². The van der Waals surface area contributed by atoms with Crippen LogP contribution in [0.1, 0.15) is 82.9 Å². The SMILES string of the molecule is CC1=Cc2ccccc2[CH]1[Zr]([CH3])([SiH3])[CH]1C(C)=Cc2ccccc21.CCCCCC.Cl.Cl. The largest absolute Gasteiger partial charge is 0.147 e. The molecule has 2 aromatic rings. The first kappa shape index (κ1) is 28.6. The Morgan fingerprint density at radius 2 is 1.06 bits per heavy atom. The second-order valence-corrected chi connectivity index (χ2v) is 34.0. The molecule has 170 valence electrons. The maximum atomic E-state index is 2.72. The van der Waals surface area contributed by atoms with Crippen molar-refractivity contribution in [3.63, 3.8) is 0 Å². The van der Waals surface area contributed by atoms with E-state index in [2.05, 4.69) is 93.0 Å². The summed E-state index contributed by atoms with van der Waals surface area (Å²) in [5, 5.41) is 0. The zero-order valence-corrected chi connectivity index (χ0v) is 26.2. The van der Waals surface area contributed by atoms with Gasteiger partial charge in [0.25, 0.3) is 0 Å². The van der Waals surface area contributed by atoms with Gasteiger partial charge in [0, 0.05) is 0 Å². The quantitative estimate of drug-likeness (QED) is 0.258. The summed E-state index contributed by atoms with van der Waals surface area (Å²) in [6, 6.07) is 18.2. The van der Waals surface area contributed by atoms with Crippen LogP contribution in [0.4, 0.5) is 0 Å². The molecule has 0 saturated heterocycles. The average molecular weight is 555 g/mol. The summed E-state index contributed by atoms with van der Waals surface area (Å²) in [7, 11) is 1.37. The number of allylic oxidation sites excluding steroid dienone is 2. The maximum absolute atomic E-state index is 2.72. The van der Waals surface area contributed by atoms with Crippen molar-refractivity contribution in [3.8, 4) is 0 Å². The van der Waals surface area contributed by atoms with Gasteiger partial charge in [0.2, 0.25) is 0 Å². The average Bonchev–Trinajstić information content (AvgIpc) is 3.22. The van der Waals surface area contributed by atoms with Crippen LogP contribution in [0.25, 0.3) is 12.2 Å². The van der Waals surface area contributed by atoms with Gasteiger partial charge in [-0.15, -0.1) is 24.8 Å². The maximum Gasteiger partial charge on any atom is -0.0536 e. The third-order valence-corrected chi connectivity index (χ3v) is 24.7. The Labute approximate surface area is 209 Å². The molecule has 4 heteroatoms. The fraction of sp³-hybridized carbons (Fsp3) is 0.407. The second-order valence-electron chi connectivity index (χ2n) is 9.43. The summed E-state index contributed by atoms with van der Waals surface area (Å²) in [6.07, 6.45) is 10.4. The number of halogens is 2. The molecule has 0 aromatic heterocycles. The predicted octanol–water partition coefficient (Wildman–Crippen LogP) is 8.22. The van der Waals surface area contributed by atoms with Crippen LogP contribution in [0.3, 0.4) is 0 Å². The molecule has 0 aliphatic heterocycles. The molecule has 2 aliphatic rings. The van der Waals surface area contributed by atoms with Gasteiger partial charge in [-0.2, -0.15) is 0 Å². The van der Waals surface area contributed by atoms with Crippen molar-refractivity contribution in [1.29, 1.82) is 0 Å². The Hall–Kier alpha value is -0.400. The van der Waals surface area contributed by atoms with Crippen molar-refractivity contribution in [2.45, 2.75) is 65.3 Å². The van der Waals surface area contributed by atoms with Gasteiger partial charge in [-0.1, -0.05) is 39.5 Å². The van der Waals surface area contributed by atoms with Gasteiger partial charge in [0.1, 0.15) is 0 Å². The molecule has 2 aromatic carbocycles.